The van der Waals surface area contributed by atoms with Crippen LogP contribution in [0.2, 0.25) is 0 Å². The Balaban J connectivity index is 2.34. The van der Waals surface area contributed by atoms with E-state index >= 15 is 0 Å². The predicted molar refractivity (Wildman–Crippen MR) is 69.5 cm³/mol. The van der Waals surface area contributed by atoms with Gasteiger partial charge < -0.3 is 10.5 Å². The smallest absolute Gasteiger partial charge is 0.313 e. The van der Waals surface area contributed by atoms with Crippen molar-refractivity contribution < 1.29 is 9.53 Å². The van der Waals surface area contributed by atoms with Crippen LogP contribution in [0.25, 0.3) is 0 Å². The maximum atomic E-state index is 11.8. The Kier molecular flexibility index (Phi) is 3.27. The minimum Gasteiger partial charge on any atom is -0.469 e. The Morgan fingerprint density at radius 3 is 2.71 bits per heavy atom. The lowest BCUT2D eigenvalue weighted by atomic mass is 9.88. The lowest BCUT2D eigenvalue weighted by molar-refractivity contribution is -0.148. The van der Waals surface area contributed by atoms with E-state index in [9.17, 15) is 4.79 Å². The lowest BCUT2D eigenvalue weighted by Crippen LogP contribution is -2.31. The normalized spacial score (nSPS) is 18.6. The fourth-order valence-corrected chi connectivity index (χ4v) is 2.60. The van der Waals surface area contributed by atoms with E-state index in [0.717, 1.165) is 28.4 Å². The van der Waals surface area contributed by atoms with Crippen molar-refractivity contribution in [2.75, 3.05) is 7.11 Å². The van der Waals surface area contributed by atoms with Crippen LogP contribution in [0.4, 0.5) is 0 Å². The summed E-state index contributed by atoms with van der Waals surface area (Å²) in [5.41, 5.74) is 7.88. The Hall–Kier alpha value is -0.870. The van der Waals surface area contributed by atoms with E-state index in [1.165, 1.54) is 7.11 Å². The molecule has 2 N–H and O–H groups in total. The second-order valence-electron chi connectivity index (χ2n) is 4.63. The van der Waals surface area contributed by atoms with E-state index in [-0.39, 0.29) is 12.0 Å². The van der Waals surface area contributed by atoms with Crippen LogP contribution in [0.3, 0.4) is 0 Å². The molecule has 1 aliphatic rings. The van der Waals surface area contributed by atoms with E-state index in [1.54, 1.807) is 0 Å². The van der Waals surface area contributed by atoms with Crippen LogP contribution < -0.4 is 5.73 Å². The summed E-state index contributed by atoms with van der Waals surface area (Å²) in [7, 11) is 1.42. The monoisotopic (exact) mass is 297 g/mol. The lowest BCUT2D eigenvalue weighted by Gasteiger charge is -2.23. The summed E-state index contributed by atoms with van der Waals surface area (Å²) in [5, 5.41) is 0. The van der Waals surface area contributed by atoms with Crippen molar-refractivity contribution >= 4 is 21.9 Å². The number of rotatable bonds is 3. The molecule has 2 rings (SSSR count). The van der Waals surface area contributed by atoms with E-state index in [1.807, 2.05) is 25.1 Å². The molecule has 0 aromatic heterocycles. The molecule has 4 heteroatoms. The molecule has 1 atom stereocenters. The average Bonchev–Trinajstić information content (AvgIpc) is 3.11. The molecule has 0 saturated heterocycles. The summed E-state index contributed by atoms with van der Waals surface area (Å²) in [6, 6.07) is 5.69. The van der Waals surface area contributed by atoms with Gasteiger partial charge >= 0.3 is 5.97 Å². The number of hydrogen-bond acceptors (Lipinski definition) is 3. The maximum absolute atomic E-state index is 11.8. The van der Waals surface area contributed by atoms with Gasteiger partial charge in [-0.15, -0.1) is 0 Å². The zero-order chi connectivity index (χ0) is 12.6. The zero-order valence-electron chi connectivity index (χ0n) is 10.00. The third kappa shape index (κ3) is 2.11. The highest BCUT2D eigenvalue weighted by molar-refractivity contribution is 9.10. The van der Waals surface area contributed by atoms with Crippen LogP contribution in [0.15, 0.2) is 22.7 Å². The van der Waals surface area contributed by atoms with Crippen LogP contribution in [0.5, 0.6) is 0 Å². The molecular formula is C13H16BrNO2. The molecule has 92 valence electrons. The molecule has 1 fully saturated rings. The number of esters is 1. The molecule has 0 bridgehead atoms. The van der Waals surface area contributed by atoms with Gasteiger partial charge in [-0.3, -0.25) is 4.79 Å². The predicted octanol–water partition coefficient (Wildman–Crippen LogP) is 2.71. The van der Waals surface area contributed by atoms with Crippen LogP contribution >= 0.6 is 15.9 Å². The van der Waals surface area contributed by atoms with Crippen LogP contribution in [-0.2, 0) is 9.53 Å². The molecule has 1 saturated carbocycles. The first-order chi connectivity index (χ1) is 8.01. The number of ether oxygens (including phenoxy) is 1. The SMILES string of the molecule is COC(=O)C1(C(N)c2cc(Br)ccc2C)CC1. The molecule has 0 spiro atoms. The van der Waals surface area contributed by atoms with Crippen LogP contribution in [0.1, 0.15) is 30.0 Å². The highest BCUT2D eigenvalue weighted by atomic mass is 79.9. The quantitative estimate of drug-likeness (QED) is 0.873. The molecule has 0 amide bonds. The Bertz CT molecular complexity index is 455. The third-order valence-corrected chi connectivity index (χ3v) is 4.05. The zero-order valence-corrected chi connectivity index (χ0v) is 11.6. The second kappa shape index (κ2) is 4.42. The first-order valence-electron chi connectivity index (χ1n) is 5.61. The minimum absolute atomic E-state index is 0.190. The summed E-state index contributed by atoms with van der Waals surface area (Å²) in [4.78, 5) is 11.8. The number of hydrogen-bond donors (Lipinski definition) is 1. The number of halogens is 1. The van der Waals surface area contributed by atoms with Crippen molar-refractivity contribution in [2.45, 2.75) is 25.8 Å². The summed E-state index contributed by atoms with van der Waals surface area (Å²) >= 11 is 3.43. The fraction of sp³-hybridized carbons (Fsp3) is 0.462. The number of nitrogens with two attached hydrogens (primary N) is 1. The van der Waals surface area contributed by atoms with E-state index < -0.39 is 5.41 Å². The van der Waals surface area contributed by atoms with Crippen molar-refractivity contribution in [1.82, 2.24) is 0 Å². The van der Waals surface area contributed by atoms with Gasteiger partial charge in [0.1, 0.15) is 0 Å². The summed E-state index contributed by atoms with van der Waals surface area (Å²) in [6.07, 6.45) is 1.62. The van der Waals surface area contributed by atoms with Gasteiger partial charge in [-0.1, -0.05) is 22.0 Å². The molecule has 3 nitrogen and oxygen atoms in total. The number of carbonyl (C=O) groups excluding carboxylic acids is 1. The van der Waals surface area contributed by atoms with Crippen molar-refractivity contribution in [3.63, 3.8) is 0 Å². The number of carbonyl (C=O) groups is 1. The summed E-state index contributed by atoms with van der Waals surface area (Å²) in [6.45, 7) is 2.01. The molecule has 0 aliphatic heterocycles. The van der Waals surface area contributed by atoms with Crippen molar-refractivity contribution in [1.29, 1.82) is 0 Å². The third-order valence-electron chi connectivity index (χ3n) is 3.55. The molecule has 0 radical (unpaired) electrons. The number of aryl methyl sites for hydroxylation is 1. The number of benzene rings is 1. The molecule has 1 aliphatic carbocycles. The van der Waals surface area contributed by atoms with Gasteiger partial charge in [0.2, 0.25) is 0 Å². The minimum atomic E-state index is -0.500. The summed E-state index contributed by atoms with van der Waals surface area (Å²) < 4.78 is 5.84. The van der Waals surface area contributed by atoms with Gasteiger partial charge in [0.25, 0.3) is 0 Å². The summed E-state index contributed by atoms with van der Waals surface area (Å²) in [5.74, 6) is -0.190. The molecule has 0 heterocycles. The molecular weight excluding hydrogens is 282 g/mol. The first-order valence-corrected chi connectivity index (χ1v) is 6.40. The van der Waals surface area contributed by atoms with Crippen LogP contribution in [0, 0.1) is 12.3 Å². The van der Waals surface area contributed by atoms with Crippen molar-refractivity contribution in [3.05, 3.63) is 33.8 Å². The molecule has 17 heavy (non-hydrogen) atoms. The largest absolute Gasteiger partial charge is 0.469 e. The second-order valence-corrected chi connectivity index (χ2v) is 5.54. The van der Waals surface area contributed by atoms with Gasteiger partial charge in [-0.25, -0.2) is 0 Å². The van der Waals surface area contributed by atoms with Crippen LogP contribution in [-0.4, -0.2) is 13.1 Å². The highest BCUT2D eigenvalue weighted by Crippen LogP contribution is 2.55. The standard InChI is InChI=1S/C13H16BrNO2/c1-8-3-4-9(14)7-10(8)11(15)13(5-6-13)12(16)17-2/h3-4,7,11H,5-6,15H2,1-2H3. The van der Waals surface area contributed by atoms with Gasteiger partial charge in [0.05, 0.1) is 12.5 Å². The van der Waals surface area contributed by atoms with Gasteiger partial charge in [-0.05, 0) is 43.0 Å². The van der Waals surface area contributed by atoms with Gasteiger partial charge in [0, 0.05) is 10.5 Å². The topological polar surface area (TPSA) is 52.3 Å². The molecule has 1 aromatic rings. The average molecular weight is 298 g/mol. The maximum Gasteiger partial charge on any atom is 0.313 e. The van der Waals surface area contributed by atoms with Crippen molar-refractivity contribution in [3.8, 4) is 0 Å². The van der Waals surface area contributed by atoms with Gasteiger partial charge in [0.15, 0.2) is 0 Å². The first kappa shape index (κ1) is 12.6. The van der Waals surface area contributed by atoms with Gasteiger partial charge in [-0.2, -0.15) is 0 Å². The molecule has 1 aromatic carbocycles. The highest BCUT2D eigenvalue weighted by Gasteiger charge is 2.56. The van der Waals surface area contributed by atoms with E-state index in [4.69, 9.17) is 10.5 Å². The Morgan fingerprint density at radius 1 is 1.53 bits per heavy atom. The van der Waals surface area contributed by atoms with E-state index in [2.05, 4.69) is 15.9 Å². The Morgan fingerprint density at radius 2 is 2.18 bits per heavy atom. The molecule has 1 unspecified atom stereocenters. The van der Waals surface area contributed by atoms with Crippen molar-refractivity contribution in [2.24, 2.45) is 11.1 Å². The fourth-order valence-electron chi connectivity index (χ4n) is 2.22. The number of methoxy groups -OCH3 is 1. The van der Waals surface area contributed by atoms with E-state index in [0.29, 0.717) is 0 Å². The Labute approximate surface area is 109 Å².